The van der Waals surface area contributed by atoms with Gasteiger partial charge in [0.1, 0.15) is 11.4 Å². The predicted octanol–water partition coefficient (Wildman–Crippen LogP) is 2.63. The van der Waals surface area contributed by atoms with Gasteiger partial charge in [-0.05, 0) is 56.2 Å². The van der Waals surface area contributed by atoms with Gasteiger partial charge in [0, 0.05) is 24.2 Å². The lowest BCUT2D eigenvalue weighted by atomic mass is 9.90. The molecule has 2 heterocycles. The van der Waals surface area contributed by atoms with Crippen LogP contribution in [0.5, 0.6) is 5.75 Å². The highest BCUT2D eigenvalue weighted by Gasteiger charge is 2.38. The first-order valence-corrected chi connectivity index (χ1v) is 11.9. The Balaban J connectivity index is 1.37. The number of aromatic nitrogens is 5. The number of aromatic amines is 1. The summed E-state index contributed by atoms with van der Waals surface area (Å²) >= 11 is 0. The minimum Gasteiger partial charge on any atom is -0.493 e. The maximum atomic E-state index is 11.8. The van der Waals surface area contributed by atoms with Gasteiger partial charge in [-0.2, -0.15) is 0 Å². The van der Waals surface area contributed by atoms with Crippen molar-refractivity contribution < 1.29 is 9.84 Å². The molecule has 2 aromatic heterocycles. The Labute approximate surface area is 198 Å². The number of nitrogens with one attached hydrogen (secondary N) is 1. The van der Waals surface area contributed by atoms with E-state index in [1.807, 2.05) is 31.2 Å². The molecule has 1 fully saturated rings. The largest absolute Gasteiger partial charge is 0.493 e. The van der Waals surface area contributed by atoms with Crippen LogP contribution in [-0.4, -0.2) is 36.3 Å². The number of hydrogen-bond donors (Lipinski definition) is 2. The van der Waals surface area contributed by atoms with E-state index in [0.717, 1.165) is 29.8 Å². The van der Waals surface area contributed by atoms with E-state index in [-0.39, 0.29) is 5.41 Å². The second-order valence-electron chi connectivity index (χ2n) is 9.66. The molecule has 3 aromatic rings. The van der Waals surface area contributed by atoms with E-state index in [4.69, 9.17) is 4.74 Å². The molecule has 0 radical (unpaired) electrons. The minimum atomic E-state index is -1.10. The molecule has 2 N–H and O–H groups in total. The van der Waals surface area contributed by atoms with Crippen molar-refractivity contribution in [3.8, 4) is 5.75 Å². The molecular weight excluding hydrogens is 434 g/mol. The van der Waals surface area contributed by atoms with Crippen LogP contribution < -0.4 is 16.0 Å². The number of aryl methyl sites for hydroxylation is 2. The summed E-state index contributed by atoms with van der Waals surface area (Å²) in [6, 6.07) is 9.04. The lowest BCUT2D eigenvalue weighted by Crippen LogP contribution is -2.32. The number of aliphatic hydroxyl groups is 1. The highest BCUT2D eigenvalue weighted by Crippen LogP contribution is 2.45. The molecule has 0 unspecified atom stereocenters. The standard InChI is InChI=1S/C25H33N5O4/c1-3-25(33,19-7-6-9-21(15-19)34-18-24(2)11-12-24)17-30-20(16-26-28-30)8-4-5-13-29-14-10-22(31)27-23(29)32/h6-7,9-10,14-16,33H,3-5,8,11-13,17-18H2,1-2H3,(H,27,31,32)/t25-/m1/s1. The monoisotopic (exact) mass is 467 g/mol. The lowest BCUT2D eigenvalue weighted by molar-refractivity contribution is 0.00947. The summed E-state index contributed by atoms with van der Waals surface area (Å²) < 4.78 is 9.25. The van der Waals surface area contributed by atoms with Gasteiger partial charge in [-0.25, -0.2) is 9.48 Å². The van der Waals surface area contributed by atoms with Crippen molar-refractivity contribution in [2.75, 3.05) is 6.61 Å². The zero-order valence-corrected chi connectivity index (χ0v) is 19.9. The smallest absolute Gasteiger partial charge is 0.328 e. The van der Waals surface area contributed by atoms with Gasteiger partial charge in [-0.1, -0.05) is 31.2 Å². The average molecular weight is 468 g/mol. The predicted molar refractivity (Wildman–Crippen MR) is 128 cm³/mol. The zero-order valence-electron chi connectivity index (χ0n) is 19.9. The molecule has 1 aliphatic carbocycles. The molecule has 1 aromatic carbocycles. The van der Waals surface area contributed by atoms with Gasteiger partial charge < -0.3 is 14.4 Å². The lowest BCUT2D eigenvalue weighted by Gasteiger charge is -2.28. The summed E-state index contributed by atoms with van der Waals surface area (Å²) in [5.41, 5.74) is 0.118. The Morgan fingerprint density at radius 3 is 2.79 bits per heavy atom. The third kappa shape index (κ3) is 5.83. The number of rotatable bonds is 12. The van der Waals surface area contributed by atoms with Crippen molar-refractivity contribution in [1.82, 2.24) is 24.5 Å². The Bertz CT molecular complexity index is 1230. The number of H-pyrrole nitrogens is 1. The highest BCUT2D eigenvalue weighted by molar-refractivity contribution is 5.32. The second-order valence-corrected chi connectivity index (χ2v) is 9.66. The number of unbranched alkanes of at least 4 members (excludes halogenated alkanes) is 1. The number of nitrogens with zero attached hydrogens (tertiary/aromatic N) is 4. The van der Waals surface area contributed by atoms with E-state index < -0.39 is 16.9 Å². The Kier molecular flexibility index (Phi) is 7.02. The van der Waals surface area contributed by atoms with Crippen molar-refractivity contribution in [2.24, 2.45) is 5.41 Å². The third-order valence-electron chi connectivity index (χ3n) is 6.74. The summed E-state index contributed by atoms with van der Waals surface area (Å²) in [5.74, 6) is 0.772. The summed E-state index contributed by atoms with van der Waals surface area (Å²) in [7, 11) is 0. The second kappa shape index (κ2) is 9.97. The molecule has 1 saturated carbocycles. The number of hydrogen-bond acceptors (Lipinski definition) is 6. The fraction of sp³-hybridized carbons (Fsp3) is 0.520. The van der Waals surface area contributed by atoms with Gasteiger partial charge in [-0.15, -0.1) is 5.10 Å². The summed E-state index contributed by atoms with van der Waals surface area (Å²) in [4.78, 5) is 25.3. The molecule has 4 rings (SSSR count). The van der Waals surface area contributed by atoms with E-state index >= 15 is 0 Å². The normalized spacial score (nSPS) is 16.2. The first kappa shape index (κ1) is 23.9. The summed E-state index contributed by atoms with van der Waals surface area (Å²) in [6.07, 6.45) is 8.42. The first-order chi connectivity index (χ1) is 16.3. The van der Waals surface area contributed by atoms with Gasteiger partial charge in [0.05, 0.1) is 25.0 Å². The molecule has 9 nitrogen and oxygen atoms in total. The molecule has 0 saturated heterocycles. The molecule has 0 bridgehead atoms. The molecule has 1 aliphatic rings. The van der Waals surface area contributed by atoms with Gasteiger partial charge in [0.2, 0.25) is 0 Å². The van der Waals surface area contributed by atoms with Crippen LogP contribution in [0.3, 0.4) is 0 Å². The highest BCUT2D eigenvalue weighted by atomic mass is 16.5. The maximum Gasteiger partial charge on any atom is 0.328 e. The Hall–Kier alpha value is -3.20. The van der Waals surface area contributed by atoms with E-state index in [9.17, 15) is 14.7 Å². The molecule has 9 heteroatoms. The van der Waals surface area contributed by atoms with Crippen molar-refractivity contribution in [2.45, 2.75) is 71.1 Å². The van der Waals surface area contributed by atoms with E-state index in [2.05, 4.69) is 22.2 Å². The van der Waals surface area contributed by atoms with Gasteiger partial charge >= 0.3 is 5.69 Å². The van der Waals surface area contributed by atoms with Crippen molar-refractivity contribution in [3.63, 3.8) is 0 Å². The fourth-order valence-electron chi connectivity index (χ4n) is 3.96. The van der Waals surface area contributed by atoms with Crippen LogP contribution in [0.4, 0.5) is 0 Å². The van der Waals surface area contributed by atoms with E-state index in [1.165, 1.54) is 29.7 Å². The van der Waals surface area contributed by atoms with Crippen LogP contribution in [0.2, 0.25) is 0 Å². The van der Waals surface area contributed by atoms with Crippen LogP contribution in [0.25, 0.3) is 0 Å². The Morgan fingerprint density at radius 1 is 1.24 bits per heavy atom. The van der Waals surface area contributed by atoms with Gasteiger partial charge in [0.15, 0.2) is 0 Å². The van der Waals surface area contributed by atoms with Crippen LogP contribution >= 0.6 is 0 Å². The minimum absolute atomic E-state index is 0.290. The SMILES string of the molecule is CC[C@@](O)(Cn1nncc1CCCCn1ccc(=O)[nH]c1=O)c1cccc(OCC2(C)CC2)c1. The molecular formula is C25H33N5O4. The fourth-order valence-corrected chi connectivity index (χ4v) is 3.96. The first-order valence-electron chi connectivity index (χ1n) is 11.9. The van der Waals surface area contributed by atoms with Gasteiger partial charge in [-0.3, -0.25) is 9.78 Å². The van der Waals surface area contributed by atoms with E-state index in [0.29, 0.717) is 32.5 Å². The van der Waals surface area contributed by atoms with Crippen molar-refractivity contribution in [1.29, 1.82) is 0 Å². The van der Waals surface area contributed by atoms with Crippen LogP contribution in [0.1, 0.15) is 57.2 Å². The van der Waals surface area contributed by atoms with E-state index in [1.54, 1.807) is 10.9 Å². The quantitative estimate of drug-likeness (QED) is 0.396. The number of ether oxygens (including phenoxy) is 1. The van der Waals surface area contributed by atoms with Crippen molar-refractivity contribution >= 4 is 0 Å². The molecule has 0 amide bonds. The average Bonchev–Trinajstić information content (AvgIpc) is 3.41. The van der Waals surface area contributed by atoms with Crippen LogP contribution in [0, 0.1) is 5.41 Å². The molecule has 182 valence electrons. The molecule has 0 aliphatic heterocycles. The maximum absolute atomic E-state index is 11.8. The zero-order chi connectivity index (χ0) is 24.2. The van der Waals surface area contributed by atoms with Crippen molar-refractivity contribution in [3.05, 3.63) is 74.8 Å². The van der Waals surface area contributed by atoms with Gasteiger partial charge in [0.25, 0.3) is 5.56 Å². The molecule has 0 spiro atoms. The summed E-state index contributed by atoms with van der Waals surface area (Å²) in [6.45, 7) is 5.68. The molecule has 34 heavy (non-hydrogen) atoms. The number of benzene rings is 1. The summed E-state index contributed by atoms with van der Waals surface area (Å²) in [5, 5.41) is 19.8. The Morgan fingerprint density at radius 2 is 2.06 bits per heavy atom. The van der Waals surface area contributed by atoms with Crippen LogP contribution in [0.15, 0.2) is 52.3 Å². The third-order valence-corrected chi connectivity index (χ3v) is 6.74. The molecule has 1 atom stereocenters. The van der Waals surface area contributed by atoms with Crippen LogP contribution in [-0.2, 0) is 25.1 Å². The topological polar surface area (TPSA) is 115 Å².